The second kappa shape index (κ2) is 6.57. The molecule has 0 spiro atoms. The minimum Gasteiger partial charge on any atom is -0.271 e. The van der Waals surface area contributed by atoms with E-state index in [1.165, 1.54) is 0 Å². The molecular formula is C11H14BrN3. The Morgan fingerprint density at radius 3 is 3.00 bits per heavy atom. The molecule has 3 nitrogen and oxygen atoms in total. The molecule has 1 aromatic rings. The van der Waals surface area contributed by atoms with Gasteiger partial charge in [-0.1, -0.05) is 0 Å². The van der Waals surface area contributed by atoms with Crippen LogP contribution in [0.4, 0.5) is 0 Å². The van der Waals surface area contributed by atoms with E-state index in [1.807, 2.05) is 12.3 Å². The van der Waals surface area contributed by atoms with Crippen molar-refractivity contribution in [1.29, 1.82) is 0 Å². The molecule has 0 saturated carbocycles. The molecule has 80 valence electrons. The van der Waals surface area contributed by atoms with E-state index < -0.39 is 0 Å². The number of unbranched alkanes of at least 4 members (excludes halogenated alkanes) is 1. The summed E-state index contributed by atoms with van der Waals surface area (Å²) in [6.45, 7) is 0. The smallest absolute Gasteiger partial charge is 0.0475 e. The van der Waals surface area contributed by atoms with E-state index in [0.29, 0.717) is 0 Å². The average molecular weight is 268 g/mol. The third-order valence-electron chi connectivity index (χ3n) is 2.14. The number of nitrogens with one attached hydrogen (secondary N) is 1. The van der Waals surface area contributed by atoms with Crippen LogP contribution in [0.3, 0.4) is 0 Å². The molecule has 15 heavy (non-hydrogen) atoms. The number of hydrogen-bond acceptors (Lipinski definition) is 3. The number of hydrogen-bond donors (Lipinski definition) is 2. The van der Waals surface area contributed by atoms with Crippen molar-refractivity contribution in [3.05, 3.63) is 28.5 Å². The summed E-state index contributed by atoms with van der Waals surface area (Å²) in [5.74, 6) is 8.11. The lowest BCUT2D eigenvalue weighted by atomic mass is 10.0. The van der Waals surface area contributed by atoms with Gasteiger partial charge in [0.1, 0.15) is 0 Å². The molecule has 4 heteroatoms. The molecular weight excluding hydrogens is 254 g/mol. The summed E-state index contributed by atoms with van der Waals surface area (Å²) >= 11 is 3.38. The van der Waals surface area contributed by atoms with Crippen molar-refractivity contribution in [2.75, 3.05) is 0 Å². The zero-order chi connectivity index (χ0) is 11.1. The first-order chi connectivity index (χ1) is 7.27. The lowest BCUT2D eigenvalue weighted by molar-refractivity contribution is 0.501. The number of aromatic nitrogens is 1. The maximum atomic E-state index is 5.49. The maximum Gasteiger partial charge on any atom is 0.0475 e. The Morgan fingerprint density at radius 1 is 1.60 bits per heavy atom. The van der Waals surface area contributed by atoms with Crippen LogP contribution in [0.2, 0.25) is 0 Å². The van der Waals surface area contributed by atoms with Gasteiger partial charge in [-0.15, -0.1) is 12.3 Å². The standard InChI is InChI=1S/C11H14BrN3/c1-2-3-4-5-11(15-13)9-6-10(12)8-14-7-9/h1,6-8,11,15H,3-5,13H2. The highest BCUT2D eigenvalue weighted by Gasteiger charge is 2.09. The third kappa shape index (κ3) is 4.00. The first-order valence-electron chi connectivity index (χ1n) is 4.78. The topological polar surface area (TPSA) is 50.9 Å². The molecule has 0 amide bonds. The van der Waals surface area contributed by atoms with Gasteiger partial charge in [-0.05, 0) is 40.4 Å². The normalized spacial score (nSPS) is 12.1. The summed E-state index contributed by atoms with van der Waals surface area (Å²) in [4.78, 5) is 4.10. The van der Waals surface area contributed by atoms with Gasteiger partial charge in [0.25, 0.3) is 0 Å². The molecule has 0 aliphatic carbocycles. The molecule has 0 aliphatic heterocycles. The van der Waals surface area contributed by atoms with Crippen LogP contribution in [-0.4, -0.2) is 4.98 Å². The Hall–Kier alpha value is -0.890. The van der Waals surface area contributed by atoms with Crippen LogP contribution in [0.5, 0.6) is 0 Å². The average Bonchev–Trinajstić information content (AvgIpc) is 2.24. The van der Waals surface area contributed by atoms with Crippen molar-refractivity contribution in [2.24, 2.45) is 5.84 Å². The van der Waals surface area contributed by atoms with Crippen molar-refractivity contribution >= 4 is 15.9 Å². The molecule has 0 aromatic carbocycles. The summed E-state index contributed by atoms with van der Waals surface area (Å²) in [6.07, 6.45) is 11.4. The first kappa shape index (κ1) is 12.2. The van der Waals surface area contributed by atoms with Gasteiger partial charge in [0.2, 0.25) is 0 Å². The number of nitrogens with two attached hydrogens (primary N) is 1. The zero-order valence-corrected chi connectivity index (χ0v) is 10.00. The van der Waals surface area contributed by atoms with Gasteiger partial charge in [0.15, 0.2) is 0 Å². The van der Waals surface area contributed by atoms with Gasteiger partial charge in [0.05, 0.1) is 0 Å². The minimum atomic E-state index is 0.114. The second-order valence-corrected chi connectivity index (χ2v) is 4.17. The van der Waals surface area contributed by atoms with Crippen LogP contribution in [0.1, 0.15) is 30.9 Å². The summed E-state index contributed by atoms with van der Waals surface area (Å²) in [5.41, 5.74) is 3.85. The fourth-order valence-electron chi connectivity index (χ4n) is 1.37. The third-order valence-corrected chi connectivity index (χ3v) is 2.58. The molecule has 0 bridgehead atoms. The molecule has 1 unspecified atom stereocenters. The van der Waals surface area contributed by atoms with Crippen LogP contribution in [-0.2, 0) is 0 Å². The monoisotopic (exact) mass is 267 g/mol. The lowest BCUT2D eigenvalue weighted by Crippen LogP contribution is -2.28. The predicted molar refractivity (Wildman–Crippen MR) is 64.7 cm³/mol. The van der Waals surface area contributed by atoms with Crippen LogP contribution < -0.4 is 11.3 Å². The molecule has 0 saturated heterocycles. The van der Waals surface area contributed by atoms with Crippen molar-refractivity contribution in [3.8, 4) is 12.3 Å². The molecule has 1 heterocycles. The van der Waals surface area contributed by atoms with E-state index >= 15 is 0 Å². The fourth-order valence-corrected chi connectivity index (χ4v) is 1.76. The Balaban J connectivity index is 2.62. The van der Waals surface area contributed by atoms with Crippen molar-refractivity contribution < 1.29 is 0 Å². The van der Waals surface area contributed by atoms with Gasteiger partial charge in [0, 0.05) is 29.3 Å². The molecule has 0 fully saturated rings. The van der Waals surface area contributed by atoms with Gasteiger partial charge in [-0.25, -0.2) is 0 Å². The summed E-state index contributed by atoms with van der Waals surface area (Å²) in [5, 5.41) is 0. The van der Waals surface area contributed by atoms with Gasteiger partial charge >= 0.3 is 0 Å². The summed E-state index contributed by atoms with van der Waals surface area (Å²) in [7, 11) is 0. The van der Waals surface area contributed by atoms with E-state index in [1.54, 1.807) is 6.20 Å². The molecule has 1 atom stereocenters. The van der Waals surface area contributed by atoms with Gasteiger partial charge in [-0.2, -0.15) is 0 Å². The molecule has 1 aromatic heterocycles. The Morgan fingerprint density at radius 2 is 2.40 bits per heavy atom. The van der Waals surface area contributed by atoms with Gasteiger partial charge < -0.3 is 0 Å². The van der Waals surface area contributed by atoms with E-state index in [2.05, 4.69) is 32.3 Å². The lowest BCUT2D eigenvalue weighted by Gasteiger charge is -2.15. The van der Waals surface area contributed by atoms with Gasteiger partial charge in [-0.3, -0.25) is 16.3 Å². The fraction of sp³-hybridized carbons (Fsp3) is 0.364. The highest BCUT2D eigenvalue weighted by Crippen LogP contribution is 2.20. The van der Waals surface area contributed by atoms with E-state index in [9.17, 15) is 0 Å². The number of terminal acetylenes is 1. The number of hydrazine groups is 1. The van der Waals surface area contributed by atoms with E-state index in [-0.39, 0.29) is 6.04 Å². The number of rotatable bonds is 5. The SMILES string of the molecule is C#CCCCC(NN)c1cncc(Br)c1. The predicted octanol–water partition coefficient (Wildman–Crippen LogP) is 2.15. The van der Waals surface area contributed by atoms with Crippen molar-refractivity contribution in [2.45, 2.75) is 25.3 Å². The molecule has 3 N–H and O–H groups in total. The van der Waals surface area contributed by atoms with Crippen molar-refractivity contribution in [3.63, 3.8) is 0 Å². The van der Waals surface area contributed by atoms with E-state index in [0.717, 1.165) is 29.3 Å². The van der Waals surface area contributed by atoms with Crippen LogP contribution >= 0.6 is 15.9 Å². The summed E-state index contributed by atoms with van der Waals surface area (Å²) in [6, 6.07) is 2.12. The maximum absolute atomic E-state index is 5.49. The number of nitrogens with zero attached hydrogens (tertiary/aromatic N) is 1. The summed E-state index contributed by atoms with van der Waals surface area (Å²) < 4.78 is 0.956. The molecule has 1 rings (SSSR count). The van der Waals surface area contributed by atoms with Crippen LogP contribution in [0.15, 0.2) is 22.9 Å². The quantitative estimate of drug-likeness (QED) is 0.372. The number of pyridine rings is 1. The second-order valence-electron chi connectivity index (χ2n) is 3.25. The molecule has 0 radical (unpaired) electrons. The Kier molecular flexibility index (Phi) is 5.33. The Bertz CT molecular complexity index is 346. The van der Waals surface area contributed by atoms with Crippen LogP contribution in [0, 0.1) is 12.3 Å². The van der Waals surface area contributed by atoms with Crippen LogP contribution in [0.25, 0.3) is 0 Å². The first-order valence-corrected chi connectivity index (χ1v) is 5.57. The van der Waals surface area contributed by atoms with E-state index in [4.69, 9.17) is 12.3 Å². The highest BCUT2D eigenvalue weighted by molar-refractivity contribution is 9.10. The largest absolute Gasteiger partial charge is 0.271 e. The zero-order valence-electron chi connectivity index (χ0n) is 8.41. The van der Waals surface area contributed by atoms with Crippen molar-refractivity contribution in [1.82, 2.24) is 10.4 Å². The highest BCUT2D eigenvalue weighted by atomic mass is 79.9. The number of halogens is 1. The molecule has 0 aliphatic rings. The minimum absolute atomic E-state index is 0.114. The Labute approximate surface area is 98.6 Å².